The molecular weight excluding hydrogens is 370 g/mol. The molecule has 2 aromatic heterocycles. The predicted octanol–water partition coefficient (Wildman–Crippen LogP) is 5.30. The molecule has 140 valence electrons. The molecule has 0 unspecified atom stereocenters. The quantitative estimate of drug-likeness (QED) is 0.513. The Hall–Kier alpha value is -3.12. The maximum absolute atomic E-state index is 5.85. The second kappa shape index (κ2) is 7.13. The molecule has 1 aliphatic heterocycles. The molecule has 1 atom stereocenters. The fourth-order valence-electron chi connectivity index (χ4n) is 3.41. The van der Waals surface area contributed by atoms with Gasteiger partial charge >= 0.3 is 0 Å². The van der Waals surface area contributed by atoms with Crippen molar-refractivity contribution in [2.24, 2.45) is 0 Å². The van der Waals surface area contributed by atoms with E-state index in [4.69, 9.17) is 14.5 Å². The number of pyridine rings is 1. The largest absolute Gasteiger partial charge is 0.486 e. The van der Waals surface area contributed by atoms with Crippen LogP contribution >= 0.6 is 11.3 Å². The van der Waals surface area contributed by atoms with E-state index in [-0.39, 0.29) is 6.04 Å². The van der Waals surface area contributed by atoms with Gasteiger partial charge in [0.1, 0.15) is 13.2 Å². The minimum Gasteiger partial charge on any atom is -0.486 e. The van der Waals surface area contributed by atoms with Crippen LogP contribution in [0.4, 0.5) is 5.13 Å². The van der Waals surface area contributed by atoms with Crippen LogP contribution in [0.25, 0.3) is 21.3 Å². The number of thiazole rings is 1. The smallest absolute Gasteiger partial charge is 0.184 e. The highest BCUT2D eigenvalue weighted by molar-refractivity contribution is 7.22. The van der Waals surface area contributed by atoms with Gasteiger partial charge < -0.3 is 14.8 Å². The van der Waals surface area contributed by atoms with Crippen LogP contribution in [0.2, 0.25) is 0 Å². The summed E-state index contributed by atoms with van der Waals surface area (Å²) in [6.07, 6.45) is 3.63. The first-order chi connectivity index (χ1) is 13.8. The standard InChI is InChI=1S/C22H19N3O2S/c1-14(17-3-2-4-19-21(17)27-12-11-26-19)24-22-25-18-6-5-16(13-20(18)28-22)15-7-9-23-10-8-15/h2-10,13-14H,11-12H2,1H3,(H,24,25)/t14-/m1/s1. The van der Waals surface area contributed by atoms with Crippen LogP contribution in [-0.4, -0.2) is 23.2 Å². The number of nitrogens with zero attached hydrogens (tertiary/aromatic N) is 2. The summed E-state index contributed by atoms with van der Waals surface area (Å²) in [5.41, 5.74) is 4.39. The average molecular weight is 389 g/mol. The van der Waals surface area contributed by atoms with E-state index in [1.165, 1.54) is 5.56 Å². The van der Waals surface area contributed by atoms with Crippen molar-refractivity contribution >= 4 is 26.7 Å². The second-order valence-electron chi connectivity index (χ2n) is 6.67. The van der Waals surface area contributed by atoms with E-state index in [1.54, 1.807) is 11.3 Å². The lowest BCUT2D eigenvalue weighted by atomic mass is 10.1. The topological polar surface area (TPSA) is 56.3 Å². The lowest BCUT2D eigenvalue weighted by Gasteiger charge is -2.23. The van der Waals surface area contributed by atoms with Crippen LogP contribution in [0.5, 0.6) is 11.5 Å². The second-order valence-corrected chi connectivity index (χ2v) is 7.71. The molecule has 0 spiro atoms. The SMILES string of the molecule is C[C@@H](Nc1nc2ccc(-c3ccncc3)cc2s1)c1cccc2c1OCCO2. The summed E-state index contributed by atoms with van der Waals surface area (Å²) in [5, 5.41) is 4.41. The van der Waals surface area contributed by atoms with E-state index in [1.807, 2.05) is 36.7 Å². The first-order valence-electron chi connectivity index (χ1n) is 9.24. The maximum Gasteiger partial charge on any atom is 0.184 e. The van der Waals surface area contributed by atoms with Crippen molar-refractivity contribution in [2.45, 2.75) is 13.0 Å². The summed E-state index contributed by atoms with van der Waals surface area (Å²) < 4.78 is 12.7. The number of benzene rings is 2. The van der Waals surface area contributed by atoms with E-state index in [2.05, 4.69) is 41.5 Å². The molecule has 1 N–H and O–H groups in total. The Bertz CT molecular complexity index is 1130. The number of nitrogens with one attached hydrogen (secondary N) is 1. The molecule has 0 amide bonds. The lowest BCUT2D eigenvalue weighted by molar-refractivity contribution is 0.169. The molecule has 0 radical (unpaired) electrons. The minimum atomic E-state index is 0.0527. The van der Waals surface area contributed by atoms with Crippen molar-refractivity contribution in [1.82, 2.24) is 9.97 Å². The number of hydrogen-bond donors (Lipinski definition) is 1. The number of hydrogen-bond acceptors (Lipinski definition) is 6. The number of ether oxygens (including phenoxy) is 2. The van der Waals surface area contributed by atoms with Gasteiger partial charge in [0.15, 0.2) is 16.6 Å². The van der Waals surface area contributed by atoms with Gasteiger partial charge in [0.25, 0.3) is 0 Å². The molecule has 4 aromatic rings. The van der Waals surface area contributed by atoms with Crippen LogP contribution in [0.3, 0.4) is 0 Å². The highest BCUT2D eigenvalue weighted by Crippen LogP contribution is 2.39. The molecule has 5 nitrogen and oxygen atoms in total. The predicted molar refractivity (Wildman–Crippen MR) is 112 cm³/mol. The molecule has 28 heavy (non-hydrogen) atoms. The monoisotopic (exact) mass is 389 g/mol. The Kier molecular flexibility index (Phi) is 4.33. The van der Waals surface area contributed by atoms with Crippen molar-refractivity contribution in [3.05, 3.63) is 66.5 Å². The summed E-state index contributed by atoms with van der Waals surface area (Å²) in [6, 6.07) is 16.5. The first kappa shape index (κ1) is 17.0. The summed E-state index contributed by atoms with van der Waals surface area (Å²) >= 11 is 1.66. The van der Waals surface area contributed by atoms with Gasteiger partial charge in [-0.05, 0) is 48.4 Å². The van der Waals surface area contributed by atoms with Gasteiger partial charge in [0, 0.05) is 18.0 Å². The summed E-state index contributed by atoms with van der Waals surface area (Å²) in [7, 11) is 0. The molecule has 0 aliphatic carbocycles. The van der Waals surface area contributed by atoms with Gasteiger partial charge in [-0.25, -0.2) is 4.98 Å². The summed E-state index contributed by atoms with van der Waals surface area (Å²) in [5.74, 6) is 1.64. The summed E-state index contributed by atoms with van der Waals surface area (Å²) in [6.45, 7) is 3.29. The third-order valence-corrected chi connectivity index (χ3v) is 5.75. The normalized spacial score (nSPS) is 14.0. The fraction of sp³-hybridized carbons (Fsp3) is 0.182. The number of aromatic nitrogens is 2. The number of fused-ring (bicyclic) bond motifs is 2. The zero-order valence-corrected chi connectivity index (χ0v) is 16.2. The van der Waals surface area contributed by atoms with Gasteiger partial charge in [-0.3, -0.25) is 4.98 Å². The van der Waals surface area contributed by atoms with Crippen LogP contribution in [-0.2, 0) is 0 Å². The van der Waals surface area contributed by atoms with Crippen LogP contribution in [0.1, 0.15) is 18.5 Å². The van der Waals surface area contributed by atoms with Gasteiger partial charge in [0.05, 0.1) is 16.3 Å². The van der Waals surface area contributed by atoms with Gasteiger partial charge in [-0.1, -0.05) is 29.5 Å². The molecule has 2 aromatic carbocycles. The number of rotatable bonds is 4. The van der Waals surface area contributed by atoms with E-state index in [0.717, 1.165) is 38.0 Å². The molecule has 0 saturated carbocycles. The molecule has 6 heteroatoms. The molecule has 0 bridgehead atoms. The van der Waals surface area contributed by atoms with E-state index in [0.29, 0.717) is 13.2 Å². The Morgan fingerprint density at radius 3 is 2.75 bits per heavy atom. The number of para-hydroxylation sites is 1. The Labute approximate surface area is 167 Å². The van der Waals surface area contributed by atoms with E-state index >= 15 is 0 Å². The molecule has 0 saturated heterocycles. The average Bonchev–Trinajstić information content (AvgIpc) is 3.15. The zero-order chi connectivity index (χ0) is 18.9. The zero-order valence-electron chi connectivity index (χ0n) is 15.4. The fourth-order valence-corrected chi connectivity index (χ4v) is 4.40. The van der Waals surface area contributed by atoms with Gasteiger partial charge in [-0.2, -0.15) is 0 Å². The molecular formula is C22H19N3O2S. The number of anilines is 1. The van der Waals surface area contributed by atoms with E-state index < -0.39 is 0 Å². The first-order valence-corrected chi connectivity index (χ1v) is 10.1. The third kappa shape index (κ3) is 3.16. The highest BCUT2D eigenvalue weighted by Gasteiger charge is 2.20. The Balaban J connectivity index is 1.43. The third-order valence-electron chi connectivity index (χ3n) is 4.81. The van der Waals surface area contributed by atoms with Gasteiger partial charge in [0.2, 0.25) is 0 Å². The van der Waals surface area contributed by atoms with E-state index in [9.17, 15) is 0 Å². The lowest BCUT2D eigenvalue weighted by Crippen LogP contribution is -2.18. The molecule has 0 fully saturated rings. The minimum absolute atomic E-state index is 0.0527. The van der Waals surface area contributed by atoms with Crippen LogP contribution in [0, 0.1) is 0 Å². The maximum atomic E-state index is 5.85. The molecule has 5 rings (SSSR count). The van der Waals surface area contributed by atoms with Crippen molar-refractivity contribution in [2.75, 3.05) is 18.5 Å². The Morgan fingerprint density at radius 1 is 1.00 bits per heavy atom. The van der Waals surface area contributed by atoms with Gasteiger partial charge in [-0.15, -0.1) is 0 Å². The van der Waals surface area contributed by atoms with Crippen molar-refractivity contribution in [3.63, 3.8) is 0 Å². The van der Waals surface area contributed by atoms with Crippen molar-refractivity contribution in [1.29, 1.82) is 0 Å². The van der Waals surface area contributed by atoms with Crippen LogP contribution < -0.4 is 14.8 Å². The molecule has 1 aliphatic rings. The highest BCUT2D eigenvalue weighted by atomic mass is 32.1. The van der Waals surface area contributed by atoms with Crippen molar-refractivity contribution < 1.29 is 9.47 Å². The van der Waals surface area contributed by atoms with Crippen molar-refractivity contribution in [3.8, 4) is 22.6 Å². The Morgan fingerprint density at radius 2 is 1.86 bits per heavy atom. The summed E-state index contributed by atoms with van der Waals surface area (Å²) in [4.78, 5) is 8.84. The molecule has 3 heterocycles. The van der Waals surface area contributed by atoms with Crippen LogP contribution in [0.15, 0.2) is 60.9 Å².